The van der Waals surface area contributed by atoms with Crippen molar-refractivity contribution in [2.75, 3.05) is 5.75 Å². The zero-order valence-corrected chi connectivity index (χ0v) is 19.7. The van der Waals surface area contributed by atoms with E-state index in [9.17, 15) is 4.79 Å². The first-order valence-corrected chi connectivity index (χ1v) is 12.9. The van der Waals surface area contributed by atoms with Crippen LogP contribution < -0.4 is 0 Å². The first kappa shape index (κ1) is 25.4. The predicted octanol–water partition coefficient (Wildman–Crippen LogP) is 6.15. The summed E-state index contributed by atoms with van der Waals surface area (Å²) in [6.07, 6.45) is 15.2. The molecule has 0 saturated heterocycles. The fraction of sp³-hybridized carbons (Fsp3) is 0.667. The summed E-state index contributed by atoms with van der Waals surface area (Å²) in [5, 5.41) is 23.5. The van der Waals surface area contributed by atoms with Gasteiger partial charge in [0.1, 0.15) is 0 Å². The van der Waals surface area contributed by atoms with E-state index in [0.717, 1.165) is 6.42 Å². The fourth-order valence-corrected chi connectivity index (χ4v) is 5.11. The number of unbranched alkanes of at least 4 members (excludes halogenated alkanes) is 9. The molecule has 1 heterocycles. The highest BCUT2D eigenvalue weighted by Crippen LogP contribution is 2.34. The molecule has 0 aliphatic rings. The SMILES string of the molecule is CCCCCCCCCCCCc1ccccc1C(Cc1nn[nH]n1)SCCC(=O)O. The molecular formula is C24H38N4O2S. The molecule has 0 amide bonds. The number of hydrogen-bond donors (Lipinski definition) is 2. The summed E-state index contributed by atoms with van der Waals surface area (Å²) in [7, 11) is 0. The Morgan fingerprint density at radius 1 is 1.03 bits per heavy atom. The number of carbonyl (C=O) groups is 1. The van der Waals surface area contributed by atoms with Gasteiger partial charge < -0.3 is 5.11 Å². The molecule has 0 fully saturated rings. The molecule has 31 heavy (non-hydrogen) atoms. The van der Waals surface area contributed by atoms with Crippen LogP contribution in [0.1, 0.15) is 99.8 Å². The van der Waals surface area contributed by atoms with Gasteiger partial charge in [-0.2, -0.15) is 17.0 Å². The van der Waals surface area contributed by atoms with Crippen LogP contribution in [0.15, 0.2) is 24.3 Å². The van der Waals surface area contributed by atoms with E-state index in [1.807, 2.05) is 0 Å². The van der Waals surface area contributed by atoms with Crippen molar-refractivity contribution in [3.8, 4) is 0 Å². The van der Waals surface area contributed by atoms with E-state index in [-0.39, 0.29) is 11.7 Å². The molecule has 0 bridgehead atoms. The highest BCUT2D eigenvalue weighted by atomic mass is 32.2. The van der Waals surface area contributed by atoms with Crippen LogP contribution in [0.2, 0.25) is 0 Å². The smallest absolute Gasteiger partial charge is 0.304 e. The number of aromatic nitrogens is 4. The van der Waals surface area contributed by atoms with Gasteiger partial charge in [-0.05, 0) is 24.0 Å². The molecule has 0 aliphatic heterocycles. The Labute approximate surface area is 191 Å². The minimum absolute atomic E-state index is 0.135. The normalized spacial score (nSPS) is 12.2. The number of tetrazole rings is 1. The second kappa shape index (κ2) is 15.8. The van der Waals surface area contributed by atoms with E-state index in [1.165, 1.54) is 75.3 Å². The molecular weight excluding hydrogens is 408 g/mol. The number of aliphatic carboxylic acids is 1. The number of H-pyrrole nitrogens is 1. The molecule has 0 aliphatic carbocycles. The topological polar surface area (TPSA) is 91.8 Å². The van der Waals surface area contributed by atoms with Gasteiger partial charge in [0.15, 0.2) is 5.82 Å². The third-order valence-electron chi connectivity index (χ3n) is 5.59. The molecule has 2 rings (SSSR count). The van der Waals surface area contributed by atoms with Gasteiger partial charge in [0.2, 0.25) is 0 Å². The summed E-state index contributed by atoms with van der Waals surface area (Å²) in [6.45, 7) is 2.26. The summed E-state index contributed by atoms with van der Waals surface area (Å²) >= 11 is 1.67. The first-order chi connectivity index (χ1) is 15.2. The van der Waals surface area contributed by atoms with Crippen molar-refractivity contribution < 1.29 is 9.90 Å². The number of nitrogens with one attached hydrogen (secondary N) is 1. The van der Waals surface area contributed by atoms with Gasteiger partial charge in [0.05, 0.1) is 6.42 Å². The monoisotopic (exact) mass is 446 g/mol. The number of hydrogen-bond acceptors (Lipinski definition) is 5. The van der Waals surface area contributed by atoms with Gasteiger partial charge in [-0.25, -0.2) is 0 Å². The lowest BCUT2D eigenvalue weighted by Crippen LogP contribution is -2.07. The lowest BCUT2D eigenvalue weighted by molar-refractivity contribution is -0.136. The van der Waals surface area contributed by atoms with E-state index in [4.69, 9.17) is 5.11 Å². The third kappa shape index (κ3) is 10.8. The molecule has 1 aromatic carbocycles. The van der Waals surface area contributed by atoms with Crippen LogP contribution in [0.5, 0.6) is 0 Å². The average molecular weight is 447 g/mol. The van der Waals surface area contributed by atoms with Gasteiger partial charge in [-0.1, -0.05) is 94.2 Å². The summed E-state index contributed by atoms with van der Waals surface area (Å²) in [4.78, 5) is 11.0. The standard InChI is InChI=1S/C24H38N4O2S/c1-2-3-4-5-6-7-8-9-10-11-14-20-15-12-13-16-21(20)22(31-18-17-24(29)30)19-23-25-27-28-26-23/h12-13,15-16,22H,2-11,14,17-19H2,1H3,(H,29,30)(H,25,26,27,28). The van der Waals surface area contributed by atoms with Gasteiger partial charge in [-0.3, -0.25) is 4.79 Å². The van der Waals surface area contributed by atoms with Crippen molar-refractivity contribution >= 4 is 17.7 Å². The summed E-state index contributed by atoms with van der Waals surface area (Å²) in [5.41, 5.74) is 2.64. The largest absolute Gasteiger partial charge is 0.481 e. The van der Waals surface area contributed by atoms with E-state index >= 15 is 0 Å². The van der Waals surface area contributed by atoms with Gasteiger partial charge in [0, 0.05) is 17.4 Å². The van der Waals surface area contributed by atoms with Crippen LogP contribution in [0, 0.1) is 0 Å². The molecule has 1 unspecified atom stereocenters. The molecule has 2 aromatic rings. The minimum atomic E-state index is -0.760. The summed E-state index contributed by atoms with van der Waals surface area (Å²) < 4.78 is 0. The van der Waals surface area contributed by atoms with Crippen molar-refractivity contribution in [3.63, 3.8) is 0 Å². The number of carboxylic acid groups (broad SMARTS) is 1. The molecule has 2 N–H and O–H groups in total. The maximum atomic E-state index is 11.0. The van der Waals surface area contributed by atoms with Crippen LogP contribution in [0.25, 0.3) is 0 Å². The molecule has 6 nitrogen and oxygen atoms in total. The second-order valence-corrected chi connectivity index (χ2v) is 9.48. The van der Waals surface area contributed by atoms with E-state index < -0.39 is 5.97 Å². The predicted molar refractivity (Wildman–Crippen MR) is 127 cm³/mol. The number of thioether (sulfide) groups is 1. The van der Waals surface area contributed by atoms with E-state index in [0.29, 0.717) is 18.0 Å². The maximum absolute atomic E-state index is 11.0. The summed E-state index contributed by atoms with van der Waals surface area (Å²) in [5.74, 6) is 0.482. The molecule has 0 saturated carbocycles. The number of benzene rings is 1. The highest BCUT2D eigenvalue weighted by molar-refractivity contribution is 7.99. The molecule has 172 valence electrons. The zero-order chi connectivity index (χ0) is 22.2. The lowest BCUT2D eigenvalue weighted by Gasteiger charge is -2.19. The van der Waals surface area contributed by atoms with Gasteiger partial charge in [0.25, 0.3) is 0 Å². The molecule has 1 atom stereocenters. The van der Waals surface area contributed by atoms with Gasteiger partial charge in [-0.15, -0.1) is 10.2 Å². The van der Waals surface area contributed by atoms with Crippen molar-refractivity contribution in [1.82, 2.24) is 20.6 Å². The Morgan fingerprint density at radius 2 is 1.71 bits per heavy atom. The minimum Gasteiger partial charge on any atom is -0.481 e. The Hall–Kier alpha value is -1.89. The first-order valence-electron chi connectivity index (χ1n) is 11.8. The number of aryl methyl sites for hydroxylation is 1. The zero-order valence-electron chi connectivity index (χ0n) is 18.9. The third-order valence-corrected chi connectivity index (χ3v) is 6.86. The van der Waals surface area contributed by atoms with E-state index in [1.54, 1.807) is 11.8 Å². The van der Waals surface area contributed by atoms with Crippen molar-refractivity contribution in [3.05, 3.63) is 41.2 Å². The van der Waals surface area contributed by atoms with Crippen LogP contribution in [0.3, 0.4) is 0 Å². The molecule has 0 spiro atoms. The number of carboxylic acids is 1. The van der Waals surface area contributed by atoms with Crippen LogP contribution in [0.4, 0.5) is 0 Å². The van der Waals surface area contributed by atoms with Crippen LogP contribution in [-0.2, 0) is 17.6 Å². The Kier molecular flexibility index (Phi) is 13.0. The number of aromatic amines is 1. The quantitative estimate of drug-likeness (QED) is 0.267. The Bertz CT molecular complexity index is 724. The lowest BCUT2D eigenvalue weighted by atomic mass is 9.97. The molecule has 0 radical (unpaired) electrons. The highest BCUT2D eigenvalue weighted by Gasteiger charge is 2.19. The van der Waals surface area contributed by atoms with Crippen molar-refractivity contribution in [2.24, 2.45) is 0 Å². The number of rotatable bonds is 18. The van der Waals surface area contributed by atoms with E-state index in [2.05, 4.69) is 51.8 Å². The van der Waals surface area contributed by atoms with Gasteiger partial charge >= 0.3 is 5.97 Å². The number of nitrogens with zero attached hydrogens (tertiary/aromatic N) is 3. The average Bonchev–Trinajstić information content (AvgIpc) is 3.28. The summed E-state index contributed by atoms with van der Waals surface area (Å²) in [6, 6.07) is 8.55. The van der Waals surface area contributed by atoms with Crippen LogP contribution in [-0.4, -0.2) is 37.5 Å². The molecule has 7 heteroatoms. The van der Waals surface area contributed by atoms with Crippen molar-refractivity contribution in [1.29, 1.82) is 0 Å². The Morgan fingerprint density at radius 3 is 2.35 bits per heavy atom. The maximum Gasteiger partial charge on any atom is 0.304 e. The van der Waals surface area contributed by atoms with Crippen molar-refractivity contribution in [2.45, 2.75) is 95.6 Å². The Balaban J connectivity index is 1.82. The fourth-order valence-electron chi connectivity index (χ4n) is 3.86. The molecule has 1 aromatic heterocycles. The van der Waals surface area contributed by atoms with Crippen LogP contribution >= 0.6 is 11.8 Å². The second-order valence-electron chi connectivity index (χ2n) is 8.17.